The third-order valence-corrected chi connectivity index (χ3v) is 3.02. The number of carbonyl (C=O) groups is 1. The van der Waals surface area contributed by atoms with E-state index in [1.807, 2.05) is 30.3 Å². The van der Waals surface area contributed by atoms with Crippen molar-refractivity contribution in [2.45, 2.75) is 6.42 Å². The van der Waals surface area contributed by atoms with E-state index in [2.05, 4.69) is 10.3 Å². The van der Waals surface area contributed by atoms with Gasteiger partial charge < -0.3 is 10.1 Å². The molecule has 1 N–H and O–H groups in total. The maximum atomic E-state index is 12.5. The first kappa shape index (κ1) is 12.8. The van der Waals surface area contributed by atoms with Gasteiger partial charge in [0.05, 0.1) is 12.5 Å². The molecule has 0 saturated heterocycles. The standard InChI is InChI=1S/C14H18N2O2/c1-18-10-7-12(14-15-8-9-16-14)13(17)11-5-3-2-4-6-11/h2-6,12H,7-10H2,1H3,(H,15,16). The number of rotatable bonds is 6. The van der Waals surface area contributed by atoms with Crippen molar-refractivity contribution in [2.24, 2.45) is 10.9 Å². The molecule has 2 rings (SSSR count). The highest BCUT2D eigenvalue weighted by atomic mass is 16.5. The Kier molecular flexibility index (Phi) is 4.47. The van der Waals surface area contributed by atoms with Crippen molar-refractivity contribution in [1.29, 1.82) is 0 Å². The Hall–Kier alpha value is -1.68. The van der Waals surface area contributed by atoms with E-state index in [0.717, 1.165) is 24.5 Å². The average molecular weight is 246 g/mol. The van der Waals surface area contributed by atoms with Gasteiger partial charge >= 0.3 is 0 Å². The summed E-state index contributed by atoms with van der Waals surface area (Å²) in [5.41, 5.74) is 0.731. The van der Waals surface area contributed by atoms with Crippen LogP contribution in [0.4, 0.5) is 0 Å². The summed E-state index contributed by atoms with van der Waals surface area (Å²) in [6, 6.07) is 9.36. The second-order valence-corrected chi connectivity index (χ2v) is 4.26. The number of aliphatic imine (C=N–C) groups is 1. The third kappa shape index (κ3) is 2.96. The van der Waals surface area contributed by atoms with Gasteiger partial charge in [0.2, 0.25) is 0 Å². The predicted octanol–water partition coefficient (Wildman–Crippen LogP) is 1.52. The fraction of sp³-hybridized carbons (Fsp3) is 0.429. The minimum absolute atomic E-state index is 0.112. The first-order chi connectivity index (χ1) is 8.83. The second-order valence-electron chi connectivity index (χ2n) is 4.26. The summed E-state index contributed by atoms with van der Waals surface area (Å²) >= 11 is 0. The lowest BCUT2D eigenvalue weighted by Crippen LogP contribution is -2.33. The number of Topliss-reactive ketones (excluding diaryl/α,β-unsaturated/α-hetero) is 1. The molecule has 0 radical (unpaired) electrons. The van der Waals surface area contributed by atoms with Crippen LogP contribution in [0.25, 0.3) is 0 Å². The highest BCUT2D eigenvalue weighted by Crippen LogP contribution is 2.15. The van der Waals surface area contributed by atoms with Crippen LogP contribution in [0.2, 0.25) is 0 Å². The second kappa shape index (κ2) is 6.31. The van der Waals surface area contributed by atoms with Crippen molar-refractivity contribution in [3.8, 4) is 0 Å². The van der Waals surface area contributed by atoms with Crippen LogP contribution < -0.4 is 5.32 Å². The van der Waals surface area contributed by atoms with Gasteiger partial charge in [-0.1, -0.05) is 30.3 Å². The molecular weight excluding hydrogens is 228 g/mol. The van der Waals surface area contributed by atoms with E-state index in [4.69, 9.17) is 4.74 Å². The van der Waals surface area contributed by atoms with Crippen LogP contribution in [0, 0.1) is 5.92 Å². The Morgan fingerprint density at radius 2 is 2.22 bits per heavy atom. The van der Waals surface area contributed by atoms with E-state index in [1.54, 1.807) is 7.11 Å². The highest BCUT2D eigenvalue weighted by Gasteiger charge is 2.26. The van der Waals surface area contributed by atoms with Gasteiger partial charge in [-0.15, -0.1) is 0 Å². The number of ketones is 1. The zero-order valence-electron chi connectivity index (χ0n) is 10.6. The lowest BCUT2D eigenvalue weighted by atomic mass is 9.93. The lowest BCUT2D eigenvalue weighted by Gasteiger charge is -2.16. The molecule has 0 aromatic heterocycles. The molecule has 1 aliphatic heterocycles. The van der Waals surface area contributed by atoms with Gasteiger partial charge in [-0.2, -0.15) is 0 Å². The smallest absolute Gasteiger partial charge is 0.173 e. The molecule has 0 amide bonds. The van der Waals surface area contributed by atoms with Crippen LogP contribution in [0.1, 0.15) is 16.8 Å². The number of carbonyl (C=O) groups excluding carboxylic acids is 1. The Morgan fingerprint density at radius 3 is 2.83 bits per heavy atom. The van der Waals surface area contributed by atoms with E-state index in [9.17, 15) is 4.79 Å². The van der Waals surface area contributed by atoms with Crippen molar-refractivity contribution < 1.29 is 9.53 Å². The SMILES string of the molecule is COCCC(C(=O)c1ccccc1)C1=NCCN1. The first-order valence-electron chi connectivity index (χ1n) is 6.19. The quantitative estimate of drug-likeness (QED) is 0.774. The van der Waals surface area contributed by atoms with Crippen molar-refractivity contribution in [2.75, 3.05) is 26.8 Å². The number of hydrogen-bond donors (Lipinski definition) is 1. The summed E-state index contributed by atoms with van der Waals surface area (Å²) < 4.78 is 5.08. The van der Waals surface area contributed by atoms with E-state index in [1.165, 1.54) is 0 Å². The average Bonchev–Trinajstić information content (AvgIpc) is 2.94. The van der Waals surface area contributed by atoms with Gasteiger partial charge in [0.1, 0.15) is 5.84 Å². The molecule has 1 atom stereocenters. The van der Waals surface area contributed by atoms with Gasteiger partial charge in [-0.05, 0) is 6.42 Å². The summed E-state index contributed by atoms with van der Waals surface area (Å²) in [5, 5.41) is 3.19. The molecule has 1 aromatic carbocycles. The molecule has 1 unspecified atom stereocenters. The molecule has 1 aromatic rings. The highest BCUT2D eigenvalue weighted by molar-refractivity contribution is 6.12. The largest absolute Gasteiger partial charge is 0.385 e. The number of benzene rings is 1. The molecule has 0 spiro atoms. The fourth-order valence-corrected chi connectivity index (χ4v) is 2.08. The number of methoxy groups -OCH3 is 1. The van der Waals surface area contributed by atoms with E-state index < -0.39 is 0 Å². The lowest BCUT2D eigenvalue weighted by molar-refractivity contribution is 0.0924. The molecular formula is C14H18N2O2. The maximum Gasteiger partial charge on any atom is 0.173 e. The topological polar surface area (TPSA) is 50.7 Å². The zero-order valence-corrected chi connectivity index (χ0v) is 10.6. The summed E-state index contributed by atoms with van der Waals surface area (Å²) in [7, 11) is 1.65. The van der Waals surface area contributed by atoms with Crippen LogP contribution >= 0.6 is 0 Å². The Balaban J connectivity index is 2.15. The number of nitrogens with one attached hydrogen (secondary N) is 1. The summed E-state index contributed by atoms with van der Waals surface area (Å²) in [6.07, 6.45) is 0.663. The molecule has 4 nitrogen and oxygen atoms in total. The number of amidine groups is 1. The van der Waals surface area contributed by atoms with Crippen LogP contribution in [0.3, 0.4) is 0 Å². The maximum absolute atomic E-state index is 12.5. The van der Waals surface area contributed by atoms with Crippen LogP contribution in [-0.2, 0) is 4.74 Å². The van der Waals surface area contributed by atoms with E-state index in [0.29, 0.717) is 13.0 Å². The van der Waals surface area contributed by atoms with E-state index in [-0.39, 0.29) is 11.7 Å². The fourth-order valence-electron chi connectivity index (χ4n) is 2.08. The normalized spacial score (nSPS) is 15.9. The Morgan fingerprint density at radius 1 is 1.44 bits per heavy atom. The van der Waals surface area contributed by atoms with Crippen molar-refractivity contribution in [3.05, 3.63) is 35.9 Å². The van der Waals surface area contributed by atoms with Gasteiger partial charge in [-0.3, -0.25) is 9.79 Å². The van der Waals surface area contributed by atoms with Gasteiger partial charge in [0.25, 0.3) is 0 Å². The van der Waals surface area contributed by atoms with Crippen LogP contribution in [0.15, 0.2) is 35.3 Å². The minimum Gasteiger partial charge on any atom is -0.385 e. The first-order valence-corrected chi connectivity index (χ1v) is 6.19. The van der Waals surface area contributed by atoms with Gasteiger partial charge in [-0.25, -0.2) is 0 Å². The van der Waals surface area contributed by atoms with Crippen LogP contribution in [-0.4, -0.2) is 38.4 Å². The van der Waals surface area contributed by atoms with Crippen molar-refractivity contribution >= 4 is 11.6 Å². The van der Waals surface area contributed by atoms with Crippen LogP contribution in [0.5, 0.6) is 0 Å². The number of hydrogen-bond acceptors (Lipinski definition) is 4. The zero-order chi connectivity index (χ0) is 12.8. The molecule has 18 heavy (non-hydrogen) atoms. The van der Waals surface area contributed by atoms with Gasteiger partial charge in [0.15, 0.2) is 5.78 Å². The summed E-state index contributed by atoms with van der Waals surface area (Å²) in [6.45, 7) is 2.13. The molecule has 0 fully saturated rings. The minimum atomic E-state index is -0.213. The molecule has 0 aliphatic carbocycles. The Bertz CT molecular complexity index is 429. The summed E-state index contributed by atoms with van der Waals surface area (Å²) in [4.78, 5) is 16.8. The molecule has 0 saturated carbocycles. The van der Waals surface area contributed by atoms with Gasteiger partial charge in [0, 0.05) is 25.8 Å². The van der Waals surface area contributed by atoms with Crippen molar-refractivity contribution in [1.82, 2.24) is 5.32 Å². The van der Waals surface area contributed by atoms with E-state index >= 15 is 0 Å². The molecule has 96 valence electrons. The molecule has 1 aliphatic rings. The predicted molar refractivity (Wildman–Crippen MR) is 71.1 cm³/mol. The number of nitrogens with zero attached hydrogens (tertiary/aromatic N) is 1. The monoisotopic (exact) mass is 246 g/mol. The third-order valence-electron chi connectivity index (χ3n) is 3.02. The number of ether oxygens (including phenoxy) is 1. The van der Waals surface area contributed by atoms with Crippen molar-refractivity contribution in [3.63, 3.8) is 0 Å². The molecule has 0 bridgehead atoms. The summed E-state index contributed by atoms with van der Waals surface area (Å²) in [5.74, 6) is 0.705. The molecule has 4 heteroatoms. The molecule has 1 heterocycles. The Labute approximate surface area is 107 Å².